The molecule has 1 atom stereocenters. The molecular formula is C4H6N2O5S. The second-order valence-electron chi connectivity index (χ2n) is 1.85. The van der Waals surface area contributed by atoms with Crippen molar-refractivity contribution in [3.63, 3.8) is 0 Å². The highest BCUT2D eigenvalue weighted by Gasteiger charge is 2.19. The van der Waals surface area contributed by atoms with Gasteiger partial charge in [0, 0.05) is 0 Å². The van der Waals surface area contributed by atoms with Gasteiger partial charge in [0.15, 0.2) is 6.04 Å². The fraction of sp³-hybridized carbons (Fsp3) is 0.500. The zero-order chi connectivity index (χ0) is 9.72. The lowest BCUT2D eigenvalue weighted by Gasteiger charge is -1.99. The fourth-order valence-electron chi connectivity index (χ4n) is 0.464. The first-order valence-corrected chi connectivity index (χ1v) is 3.78. The van der Waals surface area contributed by atoms with Crippen molar-refractivity contribution in [1.29, 1.82) is 0 Å². The number of rotatable bonds is 4. The summed E-state index contributed by atoms with van der Waals surface area (Å²) < 4.78 is 22.6. The van der Waals surface area contributed by atoms with Crippen LogP contribution in [-0.4, -0.2) is 31.4 Å². The molecule has 12 heavy (non-hydrogen) atoms. The summed E-state index contributed by atoms with van der Waals surface area (Å²) in [4.78, 5) is 20.4. The summed E-state index contributed by atoms with van der Waals surface area (Å²) in [5.41, 5.74) is 4.64. The van der Waals surface area contributed by atoms with Gasteiger partial charge < -0.3 is 10.8 Å². The highest BCUT2D eigenvalue weighted by atomic mass is 32.2. The van der Waals surface area contributed by atoms with E-state index in [2.05, 4.69) is 10.1 Å². The van der Waals surface area contributed by atoms with Crippen molar-refractivity contribution in [3.05, 3.63) is 0 Å². The molecule has 0 fully saturated rings. The standard InChI is InChI=1S/C4H6N2O5S/c5-3(7)1-2(4(8)9)6-12(10)11/h2H,1H2,(H2,5,7)(H,8,9)/t2-/m0/s1. The number of amides is 1. The van der Waals surface area contributed by atoms with Crippen LogP contribution >= 0.6 is 0 Å². The normalized spacial score (nSPS) is 11.7. The number of carboxylic acids is 1. The van der Waals surface area contributed by atoms with Crippen LogP contribution in [0, 0.1) is 0 Å². The zero-order valence-electron chi connectivity index (χ0n) is 5.80. The van der Waals surface area contributed by atoms with Crippen LogP contribution in [0.25, 0.3) is 0 Å². The maximum absolute atomic E-state index is 10.2. The third-order valence-corrected chi connectivity index (χ3v) is 1.32. The molecule has 0 aliphatic heterocycles. The van der Waals surface area contributed by atoms with Gasteiger partial charge in [-0.2, -0.15) is 12.8 Å². The Bertz CT molecular complexity index is 310. The molecule has 68 valence electrons. The van der Waals surface area contributed by atoms with Crippen molar-refractivity contribution in [1.82, 2.24) is 0 Å². The van der Waals surface area contributed by atoms with Crippen molar-refractivity contribution in [2.24, 2.45) is 10.1 Å². The second-order valence-corrected chi connectivity index (χ2v) is 2.49. The average Bonchev–Trinajstić information content (AvgIpc) is 1.83. The van der Waals surface area contributed by atoms with Gasteiger partial charge >= 0.3 is 16.5 Å². The van der Waals surface area contributed by atoms with E-state index in [4.69, 9.17) is 5.11 Å². The van der Waals surface area contributed by atoms with Gasteiger partial charge in [-0.15, -0.1) is 0 Å². The van der Waals surface area contributed by atoms with Crippen molar-refractivity contribution >= 4 is 22.4 Å². The molecule has 0 unspecified atom stereocenters. The van der Waals surface area contributed by atoms with E-state index in [0.717, 1.165) is 0 Å². The van der Waals surface area contributed by atoms with Gasteiger partial charge in [-0.3, -0.25) is 4.79 Å². The summed E-state index contributed by atoms with van der Waals surface area (Å²) in [6.07, 6.45) is -0.622. The van der Waals surface area contributed by atoms with E-state index in [1.165, 1.54) is 0 Å². The Morgan fingerprint density at radius 1 is 1.50 bits per heavy atom. The number of hydrogen-bond acceptors (Lipinski definition) is 5. The predicted octanol–water partition coefficient (Wildman–Crippen LogP) is -1.62. The van der Waals surface area contributed by atoms with E-state index in [1.54, 1.807) is 0 Å². The lowest BCUT2D eigenvalue weighted by Crippen LogP contribution is -2.25. The van der Waals surface area contributed by atoms with Crippen LogP contribution in [0.15, 0.2) is 4.36 Å². The van der Waals surface area contributed by atoms with Crippen LogP contribution in [0.4, 0.5) is 0 Å². The largest absolute Gasteiger partial charge is 0.480 e. The Morgan fingerprint density at radius 2 is 2.00 bits per heavy atom. The summed E-state index contributed by atoms with van der Waals surface area (Å²) in [5.74, 6) is -2.42. The molecule has 1 amide bonds. The molecule has 0 aromatic carbocycles. The first-order valence-electron chi connectivity index (χ1n) is 2.75. The van der Waals surface area contributed by atoms with Gasteiger partial charge in [-0.1, -0.05) is 0 Å². The summed E-state index contributed by atoms with van der Waals surface area (Å²) in [6, 6.07) is -1.61. The maximum atomic E-state index is 10.2. The van der Waals surface area contributed by atoms with Crippen molar-refractivity contribution in [2.45, 2.75) is 12.5 Å². The number of nitrogens with two attached hydrogens (primary N) is 1. The Hall–Kier alpha value is -1.44. The highest BCUT2D eigenvalue weighted by molar-refractivity contribution is 7.61. The van der Waals surface area contributed by atoms with Gasteiger partial charge in [-0.25, -0.2) is 4.79 Å². The number of nitrogens with zero attached hydrogens (tertiary/aromatic N) is 1. The average molecular weight is 194 g/mol. The van der Waals surface area contributed by atoms with E-state index in [1.807, 2.05) is 0 Å². The van der Waals surface area contributed by atoms with Gasteiger partial charge in [0.05, 0.1) is 6.42 Å². The van der Waals surface area contributed by atoms with Crippen molar-refractivity contribution in [2.75, 3.05) is 0 Å². The molecule has 0 aromatic rings. The second kappa shape index (κ2) is 4.44. The van der Waals surface area contributed by atoms with E-state index in [-0.39, 0.29) is 0 Å². The monoisotopic (exact) mass is 194 g/mol. The molecule has 8 heteroatoms. The molecule has 0 heterocycles. The Kier molecular flexibility index (Phi) is 3.91. The fourth-order valence-corrected chi connectivity index (χ4v) is 0.837. The molecule has 7 nitrogen and oxygen atoms in total. The van der Waals surface area contributed by atoms with E-state index < -0.39 is 34.8 Å². The van der Waals surface area contributed by atoms with E-state index in [0.29, 0.717) is 0 Å². The number of carbonyl (C=O) groups excluding carboxylic acids is 1. The third-order valence-electron chi connectivity index (χ3n) is 0.893. The molecule has 0 rings (SSSR count). The topological polar surface area (TPSA) is 127 Å². The third kappa shape index (κ3) is 4.39. The lowest BCUT2D eigenvalue weighted by molar-refractivity contribution is -0.140. The summed E-state index contributed by atoms with van der Waals surface area (Å²) in [6.45, 7) is 0. The Balaban J connectivity index is 4.57. The highest BCUT2D eigenvalue weighted by Crippen LogP contribution is 1.96. The van der Waals surface area contributed by atoms with Crippen LogP contribution in [0.2, 0.25) is 0 Å². The minimum atomic E-state index is -2.85. The lowest BCUT2D eigenvalue weighted by atomic mass is 10.2. The molecule has 0 saturated heterocycles. The molecule has 0 saturated carbocycles. The molecule has 0 bridgehead atoms. The van der Waals surface area contributed by atoms with Gasteiger partial charge in [0.2, 0.25) is 5.91 Å². The summed E-state index contributed by atoms with van der Waals surface area (Å²) >= 11 is 0. The van der Waals surface area contributed by atoms with Crippen LogP contribution in [-0.2, 0) is 20.1 Å². The molecular weight excluding hydrogens is 188 g/mol. The maximum Gasteiger partial charge on any atom is 0.330 e. The van der Waals surface area contributed by atoms with Crippen LogP contribution < -0.4 is 5.73 Å². The minimum absolute atomic E-state index is 0.622. The SMILES string of the molecule is NC(=O)C[C@H](N=S(=O)=O)C(=O)O. The quantitative estimate of drug-likeness (QED) is 0.555. The molecule has 0 spiro atoms. The van der Waals surface area contributed by atoms with Gasteiger partial charge in [0.25, 0.3) is 0 Å². The molecule has 0 radical (unpaired) electrons. The van der Waals surface area contributed by atoms with Crippen LogP contribution in [0.3, 0.4) is 0 Å². The van der Waals surface area contributed by atoms with Gasteiger partial charge in [0.1, 0.15) is 0 Å². The first-order chi connectivity index (χ1) is 5.43. The number of primary amides is 1. The Morgan fingerprint density at radius 3 is 2.25 bits per heavy atom. The predicted molar refractivity (Wildman–Crippen MR) is 36.6 cm³/mol. The first kappa shape index (κ1) is 10.6. The van der Waals surface area contributed by atoms with Crippen molar-refractivity contribution < 1.29 is 23.1 Å². The number of carbonyl (C=O) groups is 2. The minimum Gasteiger partial charge on any atom is -0.480 e. The summed E-state index contributed by atoms with van der Waals surface area (Å²) in [7, 11) is -2.85. The van der Waals surface area contributed by atoms with Crippen molar-refractivity contribution in [3.8, 4) is 0 Å². The summed E-state index contributed by atoms with van der Waals surface area (Å²) in [5, 5.41) is 8.30. The number of hydrogen-bond donors (Lipinski definition) is 2. The Labute approximate surface area is 68.9 Å². The number of aliphatic carboxylic acids is 1. The smallest absolute Gasteiger partial charge is 0.330 e. The molecule has 3 N–H and O–H groups in total. The molecule has 0 aliphatic carbocycles. The van der Waals surface area contributed by atoms with E-state index >= 15 is 0 Å². The number of carboxylic acid groups (broad SMARTS) is 1. The molecule has 0 aliphatic rings. The van der Waals surface area contributed by atoms with E-state index in [9.17, 15) is 18.0 Å². The zero-order valence-corrected chi connectivity index (χ0v) is 6.61. The van der Waals surface area contributed by atoms with Gasteiger partial charge in [-0.05, 0) is 0 Å². The molecule has 0 aromatic heterocycles. The van der Waals surface area contributed by atoms with Crippen LogP contribution in [0.1, 0.15) is 6.42 Å². The van der Waals surface area contributed by atoms with Crippen LogP contribution in [0.5, 0.6) is 0 Å².